The van der Waals surface area contributed by atoms with Crippen LogP contribution in [0, 0.1) is 130 Å². The van der Waals surface area contributed by atoms with Crippen LogP contribution in [0.15, 0.2) is 0 Å². The molecule has 1 fully saturated rings. The smallest absolute Gasteiger partial charge is 0.297 e. The zero-order valence-corrected chi connectivity index (χ0v) is 35.1. The van der Waals surface area contributed by atoms with E-state index in [1.54, 1.807) is 6.92 Å². The van der Waals surface area contributed by atoms with Crippen LogP contribution in [0.3, 0.4) is 0 Å². The SMILES string of the molecule is CC#CC#CC#CC#CC#CC#CC#CC#CC#CC#CC#CC(=O)N[C@@H](COC1OC(CNC(C)=O)C(O)C(O)C1O)[C@H](O)[C@H](O)CCCCCCCCCCCCCC. The standard InChI is InChI=1S/C50H54N2O9/c1-4-6-8-10-12-14-16-18-19-20-21-22-23-24-25-26-28-30-32-34-36-38-45(55)52-42(40-60-50-49(59)48(58)47(57)44(61-50)39-51-41(3)53)46(56)43(54)37-35-33-31-29-27-17-15-13-11-9-7-5-2/h42-44,46-50,54,56-59H,5,7,9,11,13,15,17,27,29,31,33,35,37,39-40H2,1-3H3,(H,51,53)(H,52,55)/t42-,43+,44?,46-,47?,48?,49?,50?/m0/s1. The summed E-state index contributed by atoms with van der Waals surface area (Å²) in [5.74, 6) is 53.1. The van der Waals surface area contributed by atoms with Gasteiger partial charge < -0.3 is 45.6 Å². The van der Waals surface area contributed by atoms with E-state index in [2.05, 4.69) is 148 Å². The van der Waals surface area contributed by atoms with Gasteiger partial charge in [0.1, 0.15) is 30.5 Å². The Morgan fingerprint density at radius 3 is 1.48 bits per heavy atom. The van der Waals surface area contributed by atoms with Crippen LogP contribution in [0.1, 0.15) is 104 Å². The molecule has 0 radical (unpaired) electrons. The van der Waals surface area contributed by atoms with E-state index in [1.807, 2.05) is 0 Å². The molecule has 5 unspecified atom stereocenters. The van der Waals surface area contributed by atoms with Crippen molar-refractivity contribution in [2.24, 2.45) is 0 Å². The zero-order valence-electron chi connectivity index (χ0n) is 35.1. The van der Waals surface area contributed by atoms with Gasteiger partial charge in [-0.2, -0.15) is 0 Å². The number of hydrogen-bond donors (Lipinski definition) is 7. The zero-order chi connectivity index (χ0) is 44.8. The molecule has 2 amide bonds. The molecule has 1 aliphatic heterocycles. The average molecular weight is 827 g/mol. The summed E-state index contributed by atoms with van der Waals surface area (Å²) in [5.41, 5.74) is 0. The predicted octanol–water partition coefficient (Wildman–Crippen LogP) is 1.30. The van der Waals surface area contributed by atoms with Gasteiger partial charge in [0.05, 0.1) is 18.8 Å². The molecule has 0 aliphatic carbocycles. The molecule has 7 N–H and O–H groups in total. The molecule has 11 heteroatoms. The van der Waals surface area contributed by atoms with Crippen molar-refractivity contribution >= 4 is 11.8 Å². The van der Waals surface area contributed by atoms with Crippen LogP contribution in [-0.2, 0) is 19.1 Å². The largest absolute Gasteiger partial charge is 0.390 e. The topological polar surface area (TPSA) is 178 Å². The maximum atomic E-state index is 12.8. The third kappa shape index (κ3) is 27.3. The van der Waals surface area contributed by atoms with Crippen LogP contribution in [-0.4, -0.2) is 99.5 Å². The third-order valence-electron chi connectivity index (χ3n) is 8.63. The monoisotopic (exact) mass is 826 g/mol. The van der Waals surface area contributed by atoms with E-state index in [0.717, 1.165) is 25.7 Å². The van der Waals surface area contributed by atoms with Gasteiger partial charge in [-0.05, 0) is 108 Å². The van der Waals surface area contributed by atoms with Gasteiger partial charge in [0.2, 0.25) is 5.91 Å². The molecule has 0 aromatic rings. The summed E-state index contributed by atoms with van der Waals surface area (Å²) in [6.07, 6.45) is 3.55. The number of unbranched alkanes of at least 4 members (excludes halogenated alkanes) is 11. The van der Waals surface area contributed by atoms with Crippen molar-refractivity contribution in [3.05, 3.63) is 0 Å². The number of ether oxygens (including phenoxy) is 2. The van der Waals surface area contributed by atoms with Crippen molar-refractivity contribution in [2.75, 3.05) is 13.2 Å². The summed E-state index contributed by atoms with van der Waals surface area (Å²) < 4.78 is 11.3. The Labute approximate surface area is 362 Å². The quantitative estimate of drug-likeness (QED) is 0.0665. The predicted molar refractivity (Wildman–Crippen MR) is 232 cm³/mol. The van der Waals surface area contributed by atoms with Gasteiger partial charge in [-0.15, -0.1) is 0 Å². The highest BCUT2D eigenvalue weighted by atomic mass is 16.7. The number of nitrogens with one attached hydrogen (secondary N) is 2. The first kappa shape index (κ1) is 52.8. The average Bonchev–Trinajstić information content (AvgIpc) is 3.24. The maximum absolute atomic E-state index is 12.8. The Hall–Kier alpha value is -6.18. The highest BCUT2D eigenvalue weighted by molar-refractivity contribution is 5.94. The molecule has 1 heterocycles. The van der Waals surface area contributed by atoms with E-state index < -0.39 is 67.4 Å². The lowest BCUT2D eigenvalue weighted by Crippen LogP contribution is -2.61. The normalized spacial score (nSPS) is 17.8. The van der Waals surface area contributed by atoms with Crippen molar-refractivity contribution in [3.8, 4) is 130 Å². The Kier molecular flexibility index (Phi) is 31.0. The lowest BCUT2D eigenvalue weighted by Gasteiger charge is -2.41. The number of carbonyl (C=O) groups excluding carboxylic acids is 2. The Balaban J connectivity index is 2.83. The lowest BCUT2D eigenvalue weighted by atomic mass is 9.98. The first-order valence-electron chi connectivity index (χ1n) is 20.3. The summed E-state index contributed by atoms with van der Waals surface area (Å²) >= 11 is 0. The second-order valence-corrected chi connectivity index (χ2v) is 13.5. The van der Waals surface area contributed by atoms with E-state index in [1.165, 1.54) is 51.9 Å². The number of hydrogen-bond acceptors (Lipinski definition) is 9. The Morgan fingerprint density at radius 1 is 0.607 bits per heavy atom. The molecule has 8 atom stereocenters. The second kappa shape index (κ2) is 35.7. The van der Waals surface area contributed by atoms with Crippen molar-refractivity contribution < 1.29 is 44.6 Å². The van der Waals surface area contributed by atoms with E-state index in [4.69, 9.17) is 9.47 Å². The van der Waals surface area contributed by atoms with Crippen LogP contribution in [0.2, 0.25) is 0 Å². The number of aliphatic hydroxyl groups is 5. The van der Waals surface area contributed by atoms with Gasteiger partial charge in [0.25, 0.3) is 5.91 Å². The highest BCUT2D eigenvalue weighted by Gasteiger charge is 2.44. The van der Waals surface area contributed by atoms with E-state index in [9.17, 15) is 35.1 Å². The van der Waals surface area contributed by atoms with Gasteiger partial charge in [0, 0.05) is 43.1 Å². The molecular formula is C50H54N2O9. The minimum Gasteiger partial charge on any atom is -0.390 e. The van der Waals surface area contributed by atoms with Crippen molar-refractivity contribution in [3.63, 3.8) is 0 Å². The Morgan fingerprint density at radius 2 is 1.03 bits per heavy atom. The van der Waals surface area contributed by atoms with E-state index in [-0.39, 0.29) is 13.0 Å². The van der Waals surface area contributed by atoms with Gasteiger partial charge in [0.15, 0.2) is 6.29 Å². The molecule has 318 valence electrons. The fourth-order valence-corrected chi connectivity index (χ4v) is 5.44. The molecule has 0 saturated carbocycles. The Bertz CT molecular complexity index is 2120. The number of aliphatic hydroxyl groups excluding tert-OH is 5. The maximum Gasteiger partial charge on any atom is 0.297 e. The number of rotatable bonds is 21. The number of carbonyl (C=O) groups is 2. The summed E-state index contributed by atoms with van der Waals surface area (Å²) in [4.78, 5) is 24.2. The van der Waals surface area contributed by atoms with Crippen LogP contribution >= 0.6 is 0 Å². The molecule has 0 spiro atoms. The lowest BCUT2D eigenvalue weighted by molar-refractivity contribution is -0.297. The van der Waals surface area contributed by atoms with Gasteiger partial charge in [-0.25, -0.2) is 0 Å². The summed E-state index contributed by atoms with van der Waals surface area (Å²) in [6, 6.07) is -1.24. The molecule has 1 rings (SSSR count). The summed E-state index contributed by atoms with van der Waals surface area (Å²) in [5, 5.41) is 58.2. The molecule has 11 nitrogen and oxygen atoms in total. The van der Waals surface area contributed by atoms with Crippen molar-refractivity contribution in [1.82, 2.24) is 10.6 Å². The van der Waals surface area contributed by atoms with Gasteiger partial charge in [-0.1, -0.05) is 89.9 Å². The molecular weight excluding hydrogens is 773 g/mol. The second-order valence-electron chi connectivity index (χ2n) is 13.5. The third-order valence-corrected chi connectivity index (χ3v) is 8.63. The van der Waals surface area contributed by atoms with Gasteiger partial charge >= 0.3 is 0 Å². The highest BCUT2D eigenvalue weighted by Crippen LogP contribution is 2.23. The molecule has 61 heavy (non-hydrogen) atoms. The van der Waals surface area contributed by atoms with E-state index in [0.29, 0.717) is 6.42 Å². The number of amides is 2. The van der Waals surface area contributed by atoms with Crippen LogP contribution < -0.4 is 10.6 Å². The minimum atomic E-state index is -1.71. The summed E-state index contributed by atoms with van der Waals surface area (Å²) in [7, 11) is 0. The summed E-state index contributed by atoms with van der Waals surface area (Å²) in [6.45, 7) is 4.47. The van der Waals surface area contributed by atoms with E-state index >= 15 is 0 Å². The van der Waals surface area contributed by atoms with Crippen molar-refractivity contribution in [2.45, 2.75) is 153 Å². The fourth-order valence-electron chi connectivity index (χ4n) is 5.44. The first-order chi connectivity index (χ1) is 29.6. The van der Waals surface area contributed by atoms with Crippen LogP contribution in [0.5, 0.6) is 0 Å². The fraction of sp³-hybridized carbons (Fsp3) is 0.520. The molecule has 1 saturated heterocycles. The minimum absolute atomic E-state index is 0.184. The molecule has 0 aromatic heterocycles. The first-order valence-corrected chi connectivity index (χ1v) is 20.3. The van der Waals surface area contributed by atoms with Crippen LogP contribution in [0.4, 0.5) is 0 Å². The van der Waals surface area contributed by atoms with Crippen molar-refractivity contribution in [1.29, 1.82) is 0 Å². The van der Waals surface area contributed by atoms with Crippen LogP contribution in [0.25, 0.3) is 0 Å². The molecule has 1 aliphatic rings. The molecule has 0 bridgehead atoms. The molecule has 0 aromatic carbocycles. The van der Waals surface area contributed by atoms with Gasteiger partial charge in [-0.3, -0.25) is 9.59 Å².